The van der Waals surface area contributed by atoms with Gasteiger partial charge in [-0.25, -0.2) is 4.98 Å². The van der Waals surface area contributed by atoms with E-state index in [0.717, 1.165) is 57.2 Å². The fraction of sp³-hybridized carbons (Fsp3) is 0.172. The molecule has 1 heterocycles. The lowest BCUT2D eigenvalue weighted by molar-refractivity contribution is 0.596. The molecule has 0 bridgehead atoms. The van der Waals surface area contributed by atoms with Crippen LogP contribution in [0, 0.1) is 18.3 Å². The highest BCUT2D eigenvalue weighted by Crippen LogP contribution is 2.37. The van der Waals surface area contributed by atoms with E-state index in [2.05, 4.69) is 46.7 Å². The van der Waals surface area contributed by atoms with Crippen LogP contribution in [-0.4, -0.2) is 15.2 Å². The first kappa shape index (κ1) is 24.5. The minimum absolute atomic E-state index is 0.281. The molecule has 3 aromatic carbocycles. The molecular formula is C29H28N4OS2. The maximum atomic E-state index is 11.7. The first-order valence-corrected chi connectivity index (χ1v) is 14.0. The Balaban J connectivity index is 1.62. The van der Waals surface area contributed by atoms with E-state index in [0.29, 0.717) is 17.0 Å². The summed E-state index contributed by atoms with van der Waals surface area (Å²) in [5.41, 5.74) is 7.82. The monoisotopic (exact) mass is 512 g/mol. The van der Waals surface area contributed by atoms with Crippen LogP contribution in [-0.2, 0) is 17.8 Å². The second kappa shape index (κ2) is 10.8. The fourth-order valence-corrected chi connectivity index (χ4v) is 5.30. The third-order valence-corrected chi connectivity index (χ3v) is 7.87. The molecule has 1 aliphatic rings. The van der Waals surface area contributed by atoms with Gasteiger partial charge in [-0.2, -0.15) is 0 Å². The second-order valence-electron chi connectivity index (χ2n) is 9.03. The Morgan fingerprint density at radius 3 is 2.42 bits per heavy atom. The Morgan fingerprint density at radius 2 is 1.78 bits per heavy atom. The van der Waals surface area contributed by atoms with Gasteiger partial charge in [0.25, 0.3) is 0 Å². The highest BCUT2D eigenvalue weighted by atomic mass is 32.2. The molecule has 0 radical (unpaired) electrons. The number of nitrogens with two attached hydrogens (primary N) is 1. The van der Waals surface area contributed by atoms with Gasteiger partial charge in [-0.1, -0.05) is 60.7 Å². The van der Waals surface area contributed by atoms with Gasteiger partial charge in [-0.3, -0.25) is 0 Å². The predicted molar refractivity (Wildman–Crippen MR) is 150 cm³/mol. The van der Waals surface area contributed by atoms with E-state index >= 15 is 0 Å². The smallest absolute Gasteiger partial charge is 0.187 e. The first-order valence-electron chi connectivity index (χ1n) is 11.9. The summed E-state index contributed by atoms with van der Waals surface area (Å²) in [6, 6.07) is 26.3. The van der Waals surface area contributed by atoms with E-state index in [9.17, 15) is 4.55 Å². The van der Waals surface area contributed by atoms with Gasteiger partial charge in [-0.15, -0.1) is 16.5 Å². The summed E-state index contributed by atoms with van der Waals surface area (Å²) in [5.74, 6) is 0.281. The molecule has 5 rings (SSSR count). The molecule has 36 heavy (non-hydrogen) atoms. The Bertz CT molecular complexity index is 1390. The summed E-state index contributed by atoms with van der Waals surface area (Å²) in [6.45, 7) is 1.98. The maximum Gasteiger partial charge on any atom is 0.187 e. The van der Waals surface area contributed by atoms with Crippen molar-refractivity contribution in [3.8, 4) is 11.1 Å². The molecule has 0 spiro atoms. The highest BCUT2D eigenvalue weighted by Gasteiger charge is 2.30. The third kappa shape index (κ3) is 5.77. The number of aromatic nitrogens is 1. The van der Waals surface area contributed by atoms with Crippen LogP contribution in [0.15, 0.2) is 94.7 Å². The minimum Gasteiger partial charge on any atom is -0.593 e. The summed E-state index contributed by atoms with van der Waals surface area (Å²) in [4.78, 5) is 5.24. The number of nitrogens with one attached hydrogen (secondary N) is 2. The van der Waals surface area contributed by atoms with Crippen molar-refractivity contribution in [2.75, 3.05) is 5.32 Å². The average Bonchev–Trinajstić information content (AvgIpc) is 3.68. The number of benzene rings is 3. The summed E-state index contributed by atoms with van der Waals surface area (Å²) >= 11 is 0.0500. The zero-order valence-corrected chi connectivity index (χ0v) is 21.7. The molecule has 1 fully saturated rings. The van der Waals surface area contributed by atoms with Crippen molar-refractivity contribution in [2.45, 2.75) is 31.1 Å². The second-order valence-corrected chi connectivity index (χ2v) is 10.9. The van der Waals surface area contributed by atoms with Gasteiger partial charge in [0.2, 0.25) is 0 Å². The number of allylic oxidation sites excluding steroid dienone is 1. The Morgan fingerprint density at radius 1 is 1.06 bits per heavy atom. The summed E-state index contributed by atoms with van der Waals surface area (Å²) in [5, 5.41) is 21.1. The number of anilines is 1. The van der Waals surface area contributed by atoms with Crippen molar-refractivity contribution >= 4 is 39.2 Å². The van der Waals surface area contributed by atoms with Gasteiger partial charge in [0.15, 0.2) is 10.0 Å². The maximum absolute atomic E-state index is 11.7. The average molecular weight is 513 g/mol. The normalized spacial score (nSPS) is 14.8. The van der Waals surface area contributed by atoms with Crippen molar-refractivity contribution in [3.63, 3.8) is 0 Å². The van der Waals surface area contributed by atoms with Crippen LogP contribution < -0.4 is 10.5 Å². The van der Waals surface area contributed by atoms with E-state index in [4.69, 9.17) is 10.5 Å². The number of aryl methyl sites for hydroxylation is 1. The van der Waals surface area contributed by atoms with Crippen LogP contribution in [0.5, 0.6) is 0 Å². The Kier molecular flexibility index (Phi) is 7.34. The van der Waals surface area contributed by atoms with E-state index in [-0.39, 0.29) is 5.92 Å². The van der Waals surface area contributed by atoms with E-state index < -0.39 is 11.4 Å². The molecule has 4 N–H and O–H groups in total. The molecule has 182 valence electrons. The summed E-state index contributed by atoms with van der Waals surface area (Å²) in [7, 11) is 0. The van der Waals surface area contributed by atoms with Gasteiger partial charge < -0.3 is 15.3 Å². The molecule has 0 aliphatic heterocycles. The van der Waals surface area contributed by atoms with Crippen molar-refractivity contribution in [1.82, 2.24) is 4.98 Å². The molecule has 0 saturated heterocycles. The van der Waals surface area contributed by atoms with Crippen molar-refractivity contribution < 1.29 is 4.55 Å². The Labute approximate surface area is 218 Å². The molecule has 7 heteroatoms. The summed E-state index contributed by atoms with van der Waals surface area (Å²) in [6.07, 6.45) is 2.66. The predicted octanol–water partition coefficient (Wildman–Crippen LogP) is 6.60. The first-order chi connectivity index (χ1) is 17.5. The molecular weight excluding hydrogens is 484 g/mol. The van der Waals surface area contributed by atoms with Gasteiger partial charge >= 0.3 is 0 Å². The van der Waals surface area contributed by atoms with Crippen LogP contribution in [0.2, 0.25) is 0 Å². The van der Waals surface area contributed by atoms with Crippen LogP contribution in [0.1, 0.15) is 29.7 Å². The van der Waals surface area contributed by atoms with E-state index in [1.54, 1.807) is 23.5 Å². The van der Waals surface area contributed by atoms with E-state index in [1.807, 2.05) is 42.6 Å². The quantitative estimate of drug-likeness (QED) is 0.174. The van der Waals surface area contributed by atoms with Crippen LogP contribution in [0.4, 0.5) is 5.13 Å². The highest BCUT2D eigenvalue weighted by molar-refractivity contribution is 7.89. The number of thiazole rings is 1. The van der Waals surface area contributed by atoms with Crippen LogP contribution in [0.3, 0.4) is 0 Å². The molecule has 1 unspecified atom stereocenters. The minimum atomic E-state index is -1.51. The lowest BCUT2D eigenvalue weighted by atomic mass is 9.92. The topological polar surface area (TPSA) is 97.9 Å². The lowest BCUT2D eigenvalue weighted by Crippen LogP contribution is -2.15. The van der Waals surface area contributed by atoms with Gasteiger partial charge in [0.1, 0.15) is 0 Å². The third-order valence-electron chi connectivity index (χ3n) is 6.26. The molecule has 4 aromatic rings. The molecule has 1 saturated carbocycles. The standard InChI is InChI=1S/C29H28N4OS2/c1-19-18-35-29(32-19)33-28(24-9-5-8-23(17-24)21-6-3-2-4-7-21)26(27(30)22-12-13-22)16-20-10-14-25(15-11-20)36(31)34/h2-11,14-15,17-18,22,30H,12-13,16,31H2,1H3,(H,32,33)/b28-26-,30-27?. The van der Waals surface area contributed by atoms with Crippen molar-refractivity contribution in [3.05, 3.63) is 107 Å². The SMILES string of the molecule is Cc1csc(N/C(=C(/Cc2ccc([S+](N)[O-])cc2)C(=N)C2CC2)c2cccc(-c3ccccc3)c2)n1. The Hall–Kier alpha value is -3.23. The van der Waals surface area contributed by atoms with Crippen LogP contribution >= 0.6 is 11.3 Å². The van der Waals surface area contributed by atoms with Gasteiger partial charge in [0.05, 0.1) is 22.8 Å². The number of hydrogen-bond donors (Lipinski definition) is 3. The number of rotatable bonds is 9. The molecule has 1 aromatic heterocycles. The largest absolute Gasteiger partial charge is 0.593 e. The zero-order valence-electron chi connectivity index (χ0n) is 20.0. The molecule has 5 nitrogen and oxygen atoms in total. The molecule has 1 atom stereocenters. The van der Waals surface area contributed by atoms with Crippen LogP contribution in [0.25, 0.3) is 16.8 Å². The van der Waals surface area contributed by atoms with Gasteiger partial charge in [0, 0.05) is 29.0 Å². The zero-order chi connectivity index (χ0) is 25.1. The molecule has 1 aliphatic carbocycles. The fourth-order valence-electron chi connectivity index (χ4n) is 4.21. The van der Waals surface area contributed by atoms with E-state index in [1.165, 1.54) is 0 Å². The molecule has 0 amide bonds. The van der Waals surface area contributed by atoms with Crippen molar-refractivity contribution in [2.24, 2.45) is 11.1 Å². The van der Waals surface area contributed by atoms with Gasteiger partial charge in [-0.05, 0) is 60.2 Å². The van der Waals surface area contributed by atoms with Crippen molar-refractivity contribution in [1.29, 1.82) is 5.41 Å². The lowest BCUT2D eigenvalue weighted by Gasteiger charge is -2.19. The number of hydrogen-bond acceptors (Lipinski definition) is 6. The summed E-state index contributed by atoms with van der Waals surface area (Å²) < 4.78 is 11.7. The number of nitrogens with zero attached hydrogens (tertiary/aromatic N) is 1.